The Kier molecular flexibility index (Phi) is 4.70. The van der Waals surface area contributed by atoms with Crippen molar-refractivity contribution in [2.24, 2.45) is 5.10 Å². The molecule has 1 N–H and O–H groups in total. The minimum absolute atomic E-state index is 0.140. The maximum Gasteiger partial charge on any atom is 0.280 e. The maximum atomic E-state index is 12.7. The van der Waals surface area contributed by atoms with Crippen molar-refractivity contribution < 1.29 is 14.6 Å². The van der Waals surface area contributed by atoms with E-state index in [1.807, 2.05) is 0 Å². The summed E-state index contributed by atoms with van der Waals surface area (Å²) < 4.78 is 5.08. The number of hydrogen-bond acceptors (Lipinski definition) is 4. The van der Waals surface area contributed by atoms with Crippen LogP contribution in [-0.2, 0) is 4.79 Å². The number of methoxy groups -OCH3 is 1. The second kappa shape index (κ2) is 6.78. The molecule has 1 aliphatic heterocycles. The number of benzene rings is 2. The van der Waals surface area contributed by atoms with Gasteiger partial charge < -0.3 is 9.84 Å². The second-order valence-electron chi connectivity index (χ2n) is 5.39. The summed E-state index contributed by atoms with van der Waals surface area (Å²) >= 11 is 11.9. The number of aromatic hydroxyl groups is 1. The van der Waals surface area contributed by atoms with Crippen molar-refractivity contribution >= 4 is 46.6 Å². The molecular weight excluding hydrogens is 363 g/mol. The number of nitrogens with zero attached hydrogens (tertiary/aromatic N) is 2. The Morgan fingerprint density at radius 1 is 1.20 bits per heavy atom. The molecule has 128 valence electrons. The van der Waals surface area contributed by atoms with Crippen LogP contribution in [0.4, 0.5) is 5.69 Å². The normalized spacial score (nSPS) is 15.7. The Labute approximate surface area is 154 Å². The molecule has 0 spiro atoms. The molecule has 2 aromatic rings. The fourth-order valence-corrected chi connectivity index (χ4v) is 2.79. The van der Waals surface area contributed by atoms with Gasteiger partial charge in [-0.2, -0.15) is 10.1 Å². The molecule has 0 bridgehead atoms. The first-order chi connectivity index (χ1) is 11.9. The highest BCUT2D eigenvalue weighted by Crippen LogP contribution is 2.36. The molecule has 0 saturated heterocycles. The van der Waals surface area contributed by atoms with Gasteiger partial charge in [-0.25, -0.2) is 0 Å². The molecule has 0 aromatic heterocycles. The second-order valence-corrected chi connectivity index (χ2v) is 6.23. The number of carbonyl (C=O) groups excluding carboxylic acids is 1. The largest absolute Gasteiger partial charge is 0.503 e. The summed E-state index contributed by atoms with van der Waals surface area (Å²) in [5.41, 5.74) is 2.25. The number of halogens is 2. The van der Waals surface area contributed by atoms with Gasteiger partial charge in [-0.05, 0) is 55.0 Å². The lowest BCUT2D eigenvalue weighted by Crippen LogP contribution is -2.21. The van der Waals surface area contributed by atoms with E-state index in [9.17, 15) is 9.90 Å². The highest BCUT2D eigenvalue weighted by molar-refractivity contribution is 6.34. The van der Waals surface area contributed by atoms with E-state index in [0.717, 1.165) is 0 Å². The van der Waals surface area contributed by atoms with Crippen LogP contribution >= 0.6 is 23.2 Å². The van der Waals surface area contributed by atoms with Crippen LogP contribution in [0.3, 0.4) is 0 Å². The van der Waals surface area contributed by atoms with Crippen molar-refractivity contribution in [1.29, 1.82) is 0 Å². The third-order valence-corrected chi connectivity index (χ3v) is 4.26. The standard InChI is InChI=1S/C18H14Cl2N2O3/c1-10-14(7-11-8-15(20)17(23)16(9-11)25-2)18(24)22(21-10)13-5-3-12(19)4-6-13/h3-9,23H,1-2H3/b14-7-. The summed E-state index contributed by atoms with van der Waals surface area (Å²) in [7, 11) is 1.43. The van der Waals surface area contributed by atoms with Gasteiger partial charge in [-0.15, -0.1) is 0 Å². The summed E-state index contributed by atoms with van der Waals surface area (Å²) in [5.74, 6) is -0.172. The molecule has 0 saturated carbocycles. The summed E-state index contributed by atoms with van der Waals surface area (Å²) in [6.07, 6.45) is 1.66. The van der Waals surface area contributed by atoms with Crippen LogP contribution in [0.15, 0.2) is 47.1 Å². The Morgan fingerprint density at radius 2 is 1.88 bits per heavy atom. The van der Waals surface area contributed by atoms with Gasteiger partial charge in [0.1, 0.15) is 0 Å². The first kappa shape index (κ1) is 17.3. The number of rotatable bonds is 3. The number of amides is 1. The van der Waals surface area contributed by atoms with Gasteiger partial charge in [0.2, 0.25) is 0 Å². The molecule has 2 aromatic carbocycles. The molecule has 0 atom stereocenters. The van der Waals surface area contributed by atoms with Crippen molar-refractivity contribution in [3.05, 3.63) is 57.6 Å². The van der Waals surface area contributed by atoms with Crippen LogP contribution in [0, 0.1) is 0 Å². The molecule has 0 unspecified atom stereocenters. The van der Waals surface area contributed by atoms with Crippen LogP contribution in [-0.4, -0.2) is 23.8 Å². The first-order valence-corrected chi connectivity index (χ1v) is 8.10. The summed E-state index contributed by atoms with van der Waals surface area (Å²) in [5, 5.41) is 16.2. The fourth-order valence-electron chi connectivity index (χ4n) is 2.44. The Hall–Kier alpha value is -2.50. The number of phenols is 1. The van der Waals surface area contributed by atoms with E-state index in [1.165, 1.54) is 12.1 Å². The molecule has 25 heavy (non-hydrogen) atoms. The molecule has 0 fully saturated rings. The molecule has 3 rings (SSSR count). The van der Waals surface area contributed by atoms with E-state index < -0.39 is 0 Å². The Bertz CT molecular complexity index is 905. The molecule has 1 aliphatic rings. The van der Waals surface area contributed by atoms with E-state index in [2.05, 4.69) is 5.10 Å². The average Bonchev–Trinajstić information content (AvgIpc) is 2.86. The quantitative estimate of drug-likeness (QED) is 0.801. The van der Waals surface area contributed by atoms with Gasteiger partial charge in [0.15, 0.2) is 11.5 Å². The van der Waals surface area contributed by atoms with Crippen LogP contribution in [0.1, 0.15) is 12.5 Å². The summed E-state index contributed by atoms with van der Waals surface area (Å²) in [6, 6.07) is 9.99. The van der Waals surface area contributed by atoms with E-state index in [1.54, 1.807) is 49.4 Å². The van der Waals surface area contributed by atoms with Crippen LogP contribution in [0.25, 0.3) is 6.08 Å². The first-order valence-electron chi connectivity index (χ1n) is 7.34. The van der Waals surface area contributed by atoms with Gasteiger partial charge in [-0.1, -0.05) is 23.2 Å². The summed E-state index contributed by atoms with van der Waals surface area (Å²) in [6.45, 7) is 1.75. The van der Waals surface area contributed by atoms with Crippen molar-refractivity contribution in [2.45, 2.75) is 6.92 Å². The monoisotopic (exact) mass is 376 g/mol. The lowest BCUT2D eigenvalue weighted by atomic mass is 10.1. The molecule has 1 heterocycles. The predicted octanol–water partition coefficient (Wildman–Crippen LogP) is 4.51. The fraction of sp³-hybridized carbons (Fsp3) is 0.111. The topological polar surface area (TPSA) is 62.1 Å². The van der Waals surface area contributed by atoms with E-state index in [0.29, 0.717) is 27.6 Å². The highest BCUT2D eigenvalue weighted by atomic mass is 35.5. The van der Waals surface area contributed by atoms with Crippen LogP contribution in [0.2, 0.25) is 10.0 Å². The lowest BCUT2D eigenvalue weighted by Gasteiger charge is -2.11. The third-order valence-electron chi connectivity index (χ3n) is 3.72. The van der Waals surface area contributed by atoms with Crippen molar-refractivity contribution in [3.63, 3.8) is 0 Å². The number of anilines is 1. The van der Waals surface area contributed by atoms with Gasteiger partial charge in [-0.3, -0.25) is 4.79 Å². The minimum Gasteiger partial charge on any atom is -0.503 e. The Balaban J connectivity index is 1.97. The average molecular weight is 377 g/mol. The van der Waals surface area contributed by atoms with Crippen molar-refractivity contribution in [2.75, 3.05) is 12.1 Å². The molecule has 0 aliphatic carbocycles. The number of hydrogen-bond donors (Lipinski definition) is 1. The number of hydrazone groups is 1. The molecule has 1 amide bonds. The molecule has 5 nitrogen and oxygen atoms in total. The zero-order chi connectivity index (χ0) is 18.1. The van der Waals surface area contributed by atoms with Gasteiger partial charge in [0.25, 0.3) is 5.91 Å². The number of carbonyl (C=O) groups is 1. The zero-order valence-electron chi connectivity index (χ0n) is 13.5. The molecular formula is C18H14Cl2N2O3. The highest BCUT2D eigenvalue weighted by Gasteiger charge is 2.28. The molecule has 0 radical (unpaired) electrons. The predicted molar refractivity (Wildman–Crippen MR) is 99.7 cm³/mol. The van der Waals surface area contributed by atoms with E-state index in [4.69, 9.17) is 27.9 Å². The smallest absolute Gasteiger partial charge is 0.280 e. The van der Waals surface area contributed by atoms with E-state index in [-0.39, 0.29) is 22.4 Å². The van der Waals surface area contributed by atoms with Gasteiger partial charge >= 0.3 is 0 Å². The lowest BCUT2D eigenvalue weighted by molar-refractivity contribution is -0.114. The molecule has 7 heteroatoms. The number of phenolic OH excluding ortho intramolecular Hbond substituents is 1. The Morgan fingerprint density at radius 3 is 2.52 bits per heavy atom. The van der Waals surface area contributed by atoms with Crippen LogP contribution < -0.4 is 9.75 Å². The maximum absolute atomic E-state index is 12.7. The minimum atomic E-state index is -0.261. The third kappa shape index (κ3) is 3.34. The van der Waals surface area contributed by atoms with E-state index >= 15 is 0 Å². The zero-order valence-corrected chi connectivity index (χ0v) is 15.0. The van der Waals surface area contributed by atoms with Gasteiger partial charge in [0, 0.05) is 5.02 Å². The number of ether oxygens (including phenoxy) is 1. The van der Waals surface area contributed by atoms with Gasteiger partial charge in [0.05, 0.1) is 29.1 Å². The van der Waals surface area contributed by atoms with Crippen molar-refractivity contribution in [3.8, 4) is 11.5 Å². The SMILES string of the molecule is COc1cc(/C=C2\C(=O)N(c3ccc(Cl)cc3)N=C2C)cc(Cl)c1O. The van der Waals surface area contributed by atoms with Crippen molar-refractivity contribution in [1.82, 2.24) is 0 Å². The summed E-state index contributed by atoms with van der Waals surface area (Å²) in [4.78, 5) is 12.7. The van der Waals surface area contributed by atoms with Crippen LogP contribution in [0.5, 0.6) is 11.5 Å².